The van der Waals surface area contributed by atoms with Gasteiger partial charge in [0.25, 0.3) is 26.3 Å². The fraction of sp³-hybridized carbons (Fsp3) is 0.545. The predicted molar refractivity (Wildman–Crippen MR) is 230 cm³/mol. The number of rotatable bonds is 9. The number of carbonyl (C=O) groups is 1. The minimum absolute atomic E-state index is 0.0713. The minimum atomic E-state index is -4.08. The molecular formula is C44H56N8O8S2. The molecule has 10 rings (SSSR count). The molecule has 332 valence electrons. The summed E-state index contributed by atoms with van der Waals surface area (Å²) in [7, 11) is -7.79. The molecule has 0 bridgehead atoms. The molecule has 4 aromatic rings. The lowest BCUT2D eigenvalue weighted by molar-refractivity contribution is 0.0963. The van der Waals surface area contributed by atoms with Crippen molar-refractivity contribution in [2.75, 3.05) is 18.5 Å². The second-order valence-corrected chi connectivity index (χ2v) is 20.2. The number of benzene rings is 2. The van der Waals surface area contributed by atoms with Gasteiger partial charge in [0.05, 0.1) is 25.3 Å². The highest BCUT2D eigenvalue weighted by Crippen LogP contribution is 2.41. The van der Waals surface area contributed by atoms with Gasteiger partial charge in [-0.1, -0.05) is 12.1 Å². The Labute approximate surface area is 363 Å². The van der Waals surface area contributed by atoms with E-state index in [4.69, 9.17) is 24.6 Å². The zero-order chi connectivity index (χ0) is 43.6. The van der Waals surface area contributed by atoms with Crippen LogP contribution in [0.2, 0.25) is 0 Å². The van der Waals surface area contributed by atoms with E-state index in [0.717, 1.165) is 126 Å². The number of nitrogens with two attached hydrogens (primary N) is 1. The van der Waals surface area contributed by atoms with Crippen LogP contribution in [0.3, 0.4) is 0 Å². The van der Waals surface area contributed by atoms with Crippen LogP contribution in [0.4, 0.5) is 10.5 Å². The lowest BCUT2D eigenvalue weighted by atomic mass is 9.99. The van der Waals surface area contributed by atoms with Crippen molar-refractivity contribution >= 4 is 31.8 Å². The van der Waals surface area contributed by atoms with Crippen LogP contribution in [0.15, 0.2) is 34.6 Å². The Hall–Kier alpha value is -4.80. The second-order valence-electron chi connectivity index (χ2n) is 17.0. The molecule has 0 radical (unpaired) electrons. The number of urea groups is 1. The van der Waals surface area contributed by atoms with Gasteiger partial charge in [0.2, 0.25) is 0 Å². The van der Waals surface area contributed by atoms with Crippen molar-refractivity contribution in [1.29, 1.82) is 5.26 Å². The molecule has 2 aromatic carbocycles. The molecule has 16 nitrogen and oxygen atoms in total. The van der Waals surface area contributed by atoms with Crippen molar-refractivity contribution in [3.8, 4) is 12.0 Å². The molecule has 6 aliphatic rings. The van der Waals surface area contributed by atoms with E-state index >= 15 is 0 Å². The Kier molecular flexibility index (Phi) is 13.1. The number of aryl methyl sites for hydroxylation is 6. The number of primary sulfonamides is 1. The van der Waals surface area contributed by atoms with Gasteiger partial charge >= 0.3 is 6.03 Å². The van der Waals surface area contributed by atoms with Crippen LogP contribution in [0.5, 0.6) is 5.75 Å². The van der Waals surface area contributed by atoms with Gasteiger partial charge in [0.15, 0.2) is 10.1 Å². The number of aromatic nitrogens is 4. The second kappa shape index (κ2) is 18.5. The highest BCUT2D eigenvalue weighted by molar-refractivity contribution is 7.90. The zero-order valence-electron chi connectivity index (χ0n) is 35.5. The number of hydrogen-bond donors (Lipinski definition) is 3. The number of nitrogens with one attached hydrogen (secondary N) is 2. The highest BCUT2D eigenvalue weighted by Gasteiger charge is 2.29. The summed E-state index contributed by atoms with van der Waals surface area (Å²) in [6.45, 7) is 6.21. The van der Waals surface area contributed by atoms with Crippen LogP contribution in [0.1, 0.15) is 108 Å². The Morgan fingerprint density at radius 2 is 1.19 bits per heavy atom. The van der Waals surface area contributed by atoms with Gasteiger partial charge in [0, 0.05) is 31.3 Å². The van der Waals surface area contributed by atoms with Crippen LogP contribution >= 0.6 is 0 Å². The number of carbonyl (C=O) groups excluding carboxylic acids is 1. The minimum Gasteiger partial charge on any atom is -0.387 e. The number of anilines is 1. The summed E-state index contributed by atoms with van der Waals surface area (Å²) in [5, 5.41) is 16.4. The quantitative estimate of drug-likeness (QED) is 0.181. The van der Waals surface area contributed by atoms with E-state index < -0.39 is 26.1 Å². The average Bonchev–Trinajstić information content (AvgIpc) is 4.07. The molecule has 2 atom stereocenters. The Morgan fingerprint density at radius 3 is 1.63 bits per heavy atom. The van der Waals surface area contributed by atoms with Crippen molar-refractivity contribution in [1.82, 2.24) is 23.8 Å². The lowest BCUT2D eigenvalue weighted by Gasteiger charge is -2.16. The Bertz CT molecular complexity index is 2540. The third-order valence-electron chi connectivity index (χ3n) is 12.8. The molecule has 2 aliphatic heterocycles. The molecule has 2 amide bonds. The maximum absolute atomic E-state index is 12.8. The van der Waals surface area contributed by atoms with E-state index in [-0.39, 0.29) is 22.3 Å². The van der Waals surface area contributed by atoms with E-state index in [2.05, 4.69) is 32.1 Å². The van der Waals surface area contributed by atoms with Crippen molar-refractivity contribution in [3.05, 3.63) is 80.7 Å². The summed E-state index contributed by atoms with van der Waals surface area (Å²) < 4.78 is 69.9. The molecule has 0 spiro atoms. The summed E-state index contributed by atoms with van der Waals surface area (Å²) in [4.78, 5) is 20.8. The summed E-state index contributed by atoms with van der Waals surface area (Å²) >= 11 is 0. The van der Waals surface area contributed by atoms with E-state index in [1.165, 1.54) is 58.6 Å². The Balaban J connectivity index is 0.000000143. The first kappa shape index (κ1) is 43.8. The average molecular weight is 889 g/mol. The number of amides is 2. The van der Waals surface area contributed by atoms with Crippen LogP contribution < -0.4 is 19.9 Å². The number of nitriles is 1. The van der Waals surface area contributed by atoms with Gasteiger partial charge in [-0.25, -0.2) is 33.0 Å². The summed E-state index contributed by atoms with van der Waals surface area (Å²) in [5.74, 6) is 2.12. The number of fused-ring (bicyclic) bond motifs is 4. The molecular weight excluding hydrogens is 833 g/mol. The first-order chi connectivity index (χ1) is 29.8. The van der Waals surface area contributed by atoms with Gasteiger partial charge < -0.3 is 28.7 Å². The molecule has 0 saturated carbocycles. The number of sulfonamides is 2. The van der Waals surface area contributed by atoms with Crippen molar-refractivity contribution in [2.24, 2.45) is 5.14 Å². The summed E-state index contributed by atoms with van der Waals surface area (Å²) in [6, 6.07) is 3.88. The highest BCUT2D eigenvalue weighted by atomic mass is 32.2. The fourth-order valence-electron chi connectivity index (χ4n) is 9.82. The van der Waals surface area contributed by atoms with Crippen molar-refractivity contribution in [3.63, 3.8) is 0 Å². The third-order valence-corrected chi connectivity index (χ3v) is 14.8. The van der Waals surface area contributed by atoms with Gasteiger partial charge in [-0.15, -0.1) is 5.26 Å². The normalized spacial score (nSPS) is 19.6. The number of imidazole rings is 2. The van der Waals surface area contributed by atoms with Crippen LogP contribution in [-0.4, -0.2) is 67.4 Å². The number of hydrogen-bond acceptors (Lipinski definition) is 11. The van der Waals surface area contributed by atoms with Crippen molar-refractivity contribution in [2.45, 2.75) is 152 Å². The van der Waals surface area contributed by atoms with Crippen LogP contribution in [0, 0.1) is 25.4 Å². The van der Waals surface area contributed by atoms with Gasteiger partial charge in [-0.2, -0.15) is 8.42 Å². The van der Waals surface area contributed by atoms with Gasteiger partial charge in [-0.05, 0) is 161 Å². The molecule has 62 heavy (non-hydrogen) atoms. The maximum atomic E-state index is 12.8. The molecule has 2 saturated heterocycles. The van der Waals surface area contributed by atoms with E-state index in [9.17, 15) is 21.6 Å². The number of nitrogens with zero attached hydrogens (tertiary/aromatic N) is 5. The van der Waals surface area contributed by atoms with Crippen molar-refractivity contribution < 1.29 is 35.8 Å². The molecule has 4 heterocycles. The molecule has 2 fully saturated rings. The summed E-state index contributed by atoms with van der Waals surface area (Å²) in [6.07, 6.45) is 21.9. The third kappa shape index (κ3) is 9.71. The number of ether oxygens (including phenoxy) is 3. The van der Waals surface area contributed by atoms with E-state index in [1.807, 2.05) is 6.26 Å². The molecule has 2 unspecified atom stereocenters. The molecule has 2 aromatic heterocycles. The first-order valence-corrected chi connectivity index (χ1v) is 24.9. The van der Waals surface area contributed by atoms with E-state index in [1.54, 1.807) is 23.0 Å². The Morgan fingerprint density at radius 1 is 0.742 bits per heavy atom. The smallest absolute Gasteiger partial charge is 0.333 e. The van der Waals surface area contributed by atoms with Gasteiger partial charge in [0.1, 0.15) is 17.4 Å². The van der Waals surface area contributed by atoms with Gasteiger partial charge in [-0.3, -0.25) is 0 Å². The lowest BCUT2D eigenvalue weighted by Crippen LogP contribution is -2.35. The molecule has 18 heteroatoms. The van der Waals surface area contributed by atoms with E-state index in [0.29, 0.717) is 24.7 Å². The first-order valence-electron chi connectivity index (χ1n) is 21.8. The monoisotopic (exact) mass is 888 g/mol. The summed E-state index contributed by atoms with van der Waals surface area (Å²) in [5.41, 5.74) is 11.1. The zero-order valence-corrected chi connectivity index (χ0v) is 37.1. The maximum Gasteiger partial charge on any atom is 0.333 e. The standard InChI is InChI=1S/C22H28N4O4S.C13H13NO.C9H15N3O3S/c1-14-23-20(13-26(14)12-17-7-4-10-30-17)31(28,29)25-22(27)24-21-18-8-2-5-15(18)11-16-6-3-9-19(16)21;14-8-15-13-11-5-1-3-9(11)7-10-4-2-6-12(10)13;1-7-11-9(16(10,13)14)6-12(7)5-8-3-2-4-15-8/h11,13,17H,2-10,12H2,1H3,(H2,24,25,27);7H,1-6H2;6,8H,2-5H2,1H3,(H2,10,13,14). The SMILES string of the molecule is Cc1nc(S(=O)(=O)NC(=O)Nc2c3c(cc4c2CCC4)CCC3)cn1CC1CCCO1.Cc1nc(S(N)(=O)=O)cn1CC1CCCO1.N#COc1c2c(cc3c1CCC3)CCC2. The predicted octanol–water partition coefficient (Wildman–Crippen LogP) is 5.40. The van der Waals surface area contributed by atoms with Crippen LogP contribution in [-0.2, 0) is 94.0 Å². The topological polar surface area (TPSA) is 223 Å². The molecule has 4 aliphatic carbocycles. The van der Waals surface area contributed by atoms with Crippen LogP contribution in [0.25, 0.3) is 0 Å². The molecule has 4 N–H and O–H groups in total. The largest absolute Gasteiger partial charge is 0.387 e. The fourth-order valence-corrected chi connectivity index (χ4v) is 11.3.